The quantitative estimate of drug-likeness (QED) is 0.881. The SMILES string of the molecule is CN(C)C(=O)c1ccc(Cl)c(NC(=O)C2(N)CC2)c1. The predicted molar refractivity (Wildman–Crippen MR) is 74.3 cm³/mol. The highest BCUT2D eigenvalue weighted by Gasteiger charge is 2.46. The number of halogens is 1. The Morgan fingerprint density at radius 1 is 1.37 bits per heavy atom. The van der Waals surface area contributed by atoms with Crippen molar-refractivity contribution in [2.75, 3.05) is 19.4 Å². The smallest absolute Gasteiger partial charge is 0.253 e. The molecule has 0 bridgehead atoms. The summed E-state index contributed by atoms with van der Waals surface area (Å²) in [5, 5.41) is 3.06. The zero-order valence-corrected chi connectivity index (χ0v) is 11.6. The Bertz CT molecular complexity index is 539. The Kier molecular flexibility index (Phi) is 3.52. The number of anilines is 1. The average molecular weight is 282 g/mol. The standard InChI is InChI=1S/C13H16ClN3O2/c1-17(2)11(18)8-3-4-9(14)10(7-8)16-12(19)13(15)5-6-13/h3-4,7H,5-6,15H2,1-2H3,(H,16,19). The van der Waals surface area contributed by atoms with Crippen LogP contribution < -0.4 is 11.1 Å². The van der Waals surface area contributed by atoms with Crippen molar-refractivity contribution in [1.29, 1.82) is 0 Å². The first kappa shape index (κ1) is 13.8. The number of amides is 2. The second-order valence-electron chi connectivity index (χ2n) is 5.00. The van der Waals surface area contributed by atoms with Crippen molar-refractivity contribution >= 4 is 29.1 Å². The summed E-state index contributed by atoms with van der Waals surface area (Å²) >= 11 is 6.01. The molecule has 5 nitrogen and oxygen atoms in total. The Balaban J connectivity index is 2.22. The molecule has 6 heteroatoms. The van der Waals surface area contributed by atoms with Gasteiger partial charge in [0.2, 0.25) is 5.91 Å². The van der Waals surface area contributed by atoms with Crippen molar-refractivity contribution in [2.45, 2.75) is 18.4 Å². The third kappa shape index (κ3) is 2.88. The van der Waals surface area contributed by atoms with E-state index in [1.807, 2.05) is 0 Å². The number of nitrogens with one attached hydrogen (secondary N) is 1. The van der Waals surface area contributed by atoms with Gasteiger partial charge in [0.1, 0.15) is 0 Å². The van der Waals surface area contributed by atoms with Gasteiger partial charge >= 0.3 is 0 Å². The number of nitrogens with zero attached hydrogens (tertiary/aromatic N) is 1. The fourth-order valence-electron chi connectivity index (χ4n) is 1.62. The Morgan fingerprint density at radius 3 is 2.53 bits per heavy atom. The third-order valence-electron chi connectivity index (χ3n) is 3.11. The van der Waals surface area contributed by atoms with Crippen molar-refractivity contribution in [3.8, 4) is 0 Å². The molecule has 1 aliphatic carbocycles. The zero-order chi connectivity index (χ0) is 14.2. The summed E-state index contributed by atoms with van der Waals surface area (Å²) in [6, 6.07) is 4.77. The Hall–Kier alpha value is -1.59. The van der Waals surface area contributed by atoms with E-state index in [0.29, 0.717) is 29.1 Å². The first-order valence-electron chi connectivity index (χ1n) is 5.95. The van der Waals surface area contributed by atoms with Crippen LogP contribution in [0, 0.1) is 0 Å². The third-order valence-corrected chi connectivity index (χ3v) is 3.44. The van der Waals surface area contributed by atoms with Crippen molar-refractivity contribution in [1.82, 2.24) is 4.90 Å². The number of hydrogen-bond acceptors (Lipinski definition) is 3. The Morgan fingerprint density at radius 2 is 2.00 bits per heavy atom. The first-order valence-corrected chi connectivity index (χ1v) is 6.33. The van der Waals surface area contributed by atoms with Gasteiger partial charge < -0.3 is 16.0 Å². The van der Waals surface area contributed by atoms with Crippen molar-refractivity contribution < 1.29 is 9.59 Å². The van der Waals surface area contributed by atoms with Gasteiger partial charge in [-0.15, -0.1) is 0 Å². The second-order valence-corrected chi connectivity index (χ2v) is 5.41. The number of rotatable bonds is 3. The molecule has 0 radical (unpaired) electrons. The highest BCUT2D eigenvalue weighted by atomic mass is 35.5. The van der Waals surface area contributed by atoms with E-state index in [9.17, 15) is 9.59 Å². The van der Waals surface area contributed by atoms with E-state index < -0.39 is 5.54 Å². The minimum atomic E-state index is -0.773. The van der Waals surface area contributed by atoms with Crippen LogP contribution in [-0.2, 0) is 4.79 Å². The number of nitrogens with two attached hydrogens (primary N) is 1. The molecule has 0 aromatic heterocycles. The lowest BCUT2D eigenvalue weighted by molar-refractivity contribution is -0.118. The van der Waals surface area contributed by atoms with E-state index in [0.717, 1.165) is 0 Å². The van der Waals surface area contributed by atoms with Gasteiger partial charge in [-0.2, -0.15) is 0 Å². The molecule has 102 valence electrons. The minimum Gasteiger partial charge on any atom is -0.345 e. The van der Waals surface area contributed by atoms with Gasteiger partial charge in [-0.3, -0.25) is 9.59 Å². The van der Waals surface area contributed by atoms with Gasteiger partial charge in [0.15, 0.2) is 0 Å². The van der Waals surface area contributed by atoms with Gasteiger partial charge in [-0.1, -0.05) is 11.6 Å². The Labute approximate surface area is 116 Å². The molecule has 3 N–H and O–H groups in total. The van der Waals surface area contributed by atoms with E-state index in [4.69, 9.17) is 17.3 Å². The van der Waals surface area contributed by atoms with Gasteiger partial charge in [-0.25, -0.2) is 0 Å². The summed E-state index contributed by atoms with van der Waals surface area (Å²) in [4.78, 5) is 25.2. The number of carbonyl (C=O) groups excluding carboxylic acids is 2. The molecular weight excluding hydrogens is 266 g/mol. The normalized spacial score (nSPS) is 15.8. The maximum atomic E-state index is 11.9. The number of carbonyl (C=O) groups is 2. The lowest BCUT2D eigenvalue weighted by Gasteiger charge is -2.14. The molecule has 1 aromatic rings. The lowest BCUT2D eigenvalue weighted by atomic mass is 10.1. The van der Waals surface area contributed by atoms with Gasteiger partial charge in [-0.05, 0) is 31.0 Å². The van der Waals surface area contributed by atoms with Crippen LogP contribution in [0.3, 0.4) is 0 Å². The van der Waals surface area contributed by atoms with Crippen LogP contribution in [0.2, 0.25) is 5.02 Å². The summed E-state index contributed by atoms with van der Waals surface area (Å²) in [5.41, 5.74) is 5.91. The average Bonchev–Trinajstić information content (AvgIpc) is 3.10. The van der Waals surface area contributed by atoms with E-state index in [1.165, 1.54) is 4.90 Å². The molecule has 0 aliphatic heterocycles. The molecule has 1 saturated carbocycles. The zero-order valence-electron chi connectivity index (χ0n) is 10.9. The van der Waals surface area contributed by atoms with E-state index >= 15 is 0 Å². The fraction of sp³-hybridized carbons (Fsp3) is 0.385. The monoisotopic (exact) mass is 281 g/mol. The molecule has 2 rings (SSSR count). The molecule has 0 atom stereocenters. The molecule has 0 saturated heterocycles. The van der Waals surface area contributed by atoms with Crippen molar-refractivity contribution in [3.05, 3.63) is 28.8 Å². The van der Waals surface area contributed by atoms with Gasteiger partial charge in [0.05, 0.1) is 16.2 Å². The van der Waals surface area contributed by atoms with Crippen LogP contribution >= 0.6 is 11.6 Å². The highest BCUT2D eigenvalue weighted by molar-refractivity contribution is 6.34. The van der Waals surface area contributed by atoms with Crippen LogP contribution in [0.4, 0.5) is 5.69 Å². The highest BCUT2D eigenvalue weighted by Crippen LogP contribution is 2.34. The summed E-state index contributed by atoms with van der Waals surface area (Å²) in [7, 11) is 3.32. The van der Waals surface area contributed by atoms with E-state index in [2.05, 4.69) is 5.32 Å². The van der Waals surface area contributed by atoms with E-state index in [1.54, 1.807) is 32.3 Å². The largest absolute Gasteiger partial charge is 0.345 e. The number of benzene rings is 1. The minimum absolute atomic E-state index is 0.152. The molecular formula is C13H16ClN3O2. The molecule has 1 aromatic carbocycles. The molecule has 0 heterocycles. The fourth-order valence-corrected chi connectivity index (χ4v) is 1.79. The summed E-state index contributed by atoms with van der Waals surface area (Å²) in [5.74, 6) is -0.412. The van der Waals surface area contributed by atoms with Gasteiger partial charge in [0, 0.05) is 19.7 Å². The molecule has 2 amide bonds. The van der Waals surface area contributed by atoms with Crippen LogP contribution in [0.15, 0.2) is 18.2 Å². The van der Waals surface area contributed by atoms with Gasteiger partial charge in [0.25, 0.3) is 5.91 Å². The topological polar surface area (TPSA) is 75.4 Å². The molecule has 1 fully saturated rings. The maximum absolute atomic E-state index is 11.9. The van der Waals surface area contributed by atoms with Crippen LogP contribution in [0.5, 0.6) is 0 Å². The molecule has 0 unspecified atom stereocenters. The van der Waals surface area contributed by atoms with Crippen molar-refractivity contribution in [2.24, 2.45) is 5.73 Å². The van der Waals surface area contributed by atoms with E-state index in [-0.39, 0.29) is 11.8 Å². The molecule has 19 heavy (non-hydrogen) atoms. The number of hydrogen-bond donors (Lipinski definition) is 2. The molecule has 1 aliphatic rings. The van der Waals surface area contributed by atoms with Crippen molar-refractivity contribution in [3.63, 3.8) is 0 Å². The first-order chi connectivity index (χ1) is 8.83. The second kappa shape index (κ2) is 4.83. The van der Waals surface area contributed by atoms with Crippen LogP contribution in [0.25, 0.3) is 0 Å². The predicted octanol–water partition coefficient (Wildman–Crippen LogP) is 1.47. The lowest BCUT2D eigenvalue weighted by Crippen LogP contribution is -2.38. The summed E-state index contributed by atoms with van der Waals surface area (Å²) in [6.45, 7) is 0. The molecule has 0 spiro atoms. The maximum Gasteiger partial charge on any atom is 0.253 e. The van der Waals surface area contributed by atoms with Crippen LogP contribution in [-0.4, -0.2) is 36.3 Å². The van der Waals surface area contributed by atoms with Crippen LogP contribution in [0.1, 0.15) is 23.2 Å². The summed E-state index contributed by atoms with van der Waals surface area (Å²) < 4.78 is 0. The summed E-state index contributed by atoms with van der Waals surface area (Å²) in [6.07, 6.45) is 1.35.